The molecular formula is C52H39N. The Morgan fingerprint density at radius 1 is 0.547 bits per heavy atom. The van der Waals surface area contributed by atoms with Crippen LogP contribution in [0.5, 0.6) is 0 Å². The van der Waals surface area contributed by atoms with E-state index in [0.717, 1.165) is 19.3 Å². The molecule has 1 heteroatoms. The van der Waals surface area contributed by atoms with Gasteiger partial charge in [-0.25, -0.2) is 0 Å². The lowest BCUT2D eigenvalue weighted by molar-refractivity contribution is 0.451. The van der Waals surface area contributed by atoms with Crippen LogP contribution < -0.4 is 0 Å². The van der Waals surface area contributed by atoms with Gasteiger partial charge in [0.2, 0.25) is 0 Å². The number of rotatable bonds is 5. The standard InChI is InChI=1S/C52H39N/c1-3-16-38(17-4-1)51(44-24-9-7-20-40(44)35-29-31-36(32-30-35)41-22-13-15-37-33-34-53-50(37)41)46-26-11-12-27-47(46)52(39-18-5-2-6-19-39)45-25-10-8-21-42(45)43-23-14-28-48(51)49(43)52/h1-3,5-16,18-24,26-34,45,50H,4,17,25H2. The largest absolute Gasteiger partial charge is 0.280 e. The van der Waals surface area contributed by atoms with Crippen LogP contribution in [0, 0.1) is 5.92 Å². The van der Waals surface area contributed by atoms with Crippen molar-refractivity contribution in [3.8, 4) is 11.1 Å². The molecule has 0 bridgehead atoms. The molecule has 1 heterocycles. The van der Waals surface area contributed by atoms with Crippen molar-refractivity contribution >= 4 is 17.4 Å². The molecule has 0 radical (unpaired) electrons. The van der Waals surface area contributed by atoms with E-state index >= 15 is 0 Å². The third-order valence-electron chi connectivity index (χ3n) is 12.9. The van der Waals surface area contributed by atoms with E-state index in [1.165, 1.54) is 77.9 Å². The van der Waals surface area contributed by atoms with Crippen molar-refractivity contribution < 1.29 is 0 Å². The topological polar surface area (TPSA) is 12.4 Å². The van der Waals surface area contributed by atoms with Gasteiger partial charge in [-0.05, 0) is 97.7 Å². The molecular weight excluding hydrogens is 639 g/mol. The first kappa shape index (κ1) is 30.6. The van der Waals surface area contributed by atoms with Crippen molar-refractivity contribution in [3.05, 3.63) is 238 Å². The van der Waals surface area contributed by atoms with E-state index < -0.39 is 5.41 Å². The van der Waals surface area contributed by atoms with Gasteiger partial charge >= 0.3 is 0 Å². The van der Waals surface area contributed by atoms with Gasteiger partial charge in [-0.3, -0.25) is 4.99 Å². The molecule has 1 aliphatic heterocycles. The third-order valence-corrected chi connectivity index (χ3v) is 12.9. The molecule has 0 fully saturated rings. The van der Waals surface area contributed by atoms with Crippen LogP contribution in [0.3, 0.4) is 0 Å². The van der Waals surface area contributed by atoms with E-state index in [1.54, 1.807) is 0 Å². The highest BCUT2D eigenvalue weighted by Gasteiger charge is 2.61. The van der Waals surface area contributed by atoms with Crippen molar-refractivity contribution in [3.63, 3.8) is 0 Å². The van der Waals surface area contributed by atoms with Gasteiger partial charge in [0.1, 0.15) is 6.04 Å². The Hall–Kier alpha value is -6.05. The van der Waals surface area contributed by atoms with Crippen molar-refractivity contribution in [2.24, 2.45) is 10.9 Å². The summed E-state index contributed by atoms with van der Waals surface area (Å²) in [5, 5.41) is 0. The summed E-state index contributed by atoms with van der Waals surface area (Å²) in [6.07, 6.45) is 27.8. The van der Waals surface area contributed by atoms with E-state index in [-0.39, 0.29) is 11.5 Å². The number of fused-ring (bicyclic) bond motifs is 6. The zero-order valence-electron chi connectivity index (χ0n) is 29.6. The fourth-order valence-electron chi connectivity index (χ4n) is 10.9. The predicted molar refractivity (Wildman–Crippen MR) is 220 cm³/mol. The van der Waals surface area contributed by atoms with Gasteiger partial charge in [0, 0.05) is 12.1 Å². The van der Waals surface area contributed by atoms with Crippen molar-refractivity contribution in [2.75, 3.05) is 0 Å². The molecule has 11 rings (SSSR count). The lowest BCUT2D eigenvalue weighted by Gasteiger charge is -2.52. The lowest BCUT2D eigenvalue weighted by atomic mass is 9.49. The van der Waals surface area contributed by atoms with E-state index in [4.69, 9.17) is 4.99 Å². The van der Waals surface area contributed by atoms with E-state index in [1.807, 2.05) is 6.21 Å². The molecule has 4 unspecified atom stereocenters. The Labute approximate surface area is 312 Å². The normalized spacial score (nSPS) is 25.4. The molecule has 53 heavy (non-hydrogen) atoms. The average molecular weight is 678 g/mol. The third kappa shape index (κ3) is 4.11. The first-order valence-corrected chi connectivity index (χ1v) is 19.2. The molecule has 0 aromatic heterocycles. The molecule has 5 aromatic rings. The Morgan fingerprint density at radius 2 is 1.26 bits per heavy atom. The lowest BCUT2D eigenvalue weighted by Crippen LogP contribution is -2.47. The summed E-state index contributed by atoms with van der Waals surface area (Å²) in [6.45, 7) is 0. The average Bonchev–Trinajstić information content (AvgIpc) is 3.85. The maximum atomic E-state index is 4.79. The molecule has 0 N–H and O–H groups in total. The summed E-state index contributed by atoms with van der Waals surface area (Å²) in [7, 11) is 0. The second-order valence-electron chi connectivity index (χ2n) is 15.2. The summed E-state index contributed by atoms with van der Waals surface area (Å²) in [5.41, 5.74) is 18.3. The highest BCUT2D eigenvalue weighted by molar-refractivity contribution is 5.91. The molecule has 5 aromatic carbocycles. The maximum Gasteiger partial charge on any atom is 0.101 e. The Balaban J connectivity index is 1.21. The zero-order valence-corrected chi connectivity index (χ0v) is 29.6. The van der Waals surface area contributed by atoms with Gasteiger partial charge in [-0.1, -0.05) is 182 Å². The smallest absolute Gasteiger partial charge is 0.101 e. The minimum absolute atomic E-state index is 0.0884. The molecule has 5 aliphatic carbocycles. The summed E-state index contributed by atoms with van der Waals surface area (Å²) < 4.78 is 0. The van der Waals surface area contributed by atoms with Crippen LogP contribution in [0.15, 0.2) is 198 Å². The molecule has 6 aliphatic rings. The van der Waals surface area contributed by atoms with Gasteiger partial charge in [0.05, 0.1) is 10.8 Å². The first-order chi connectivity index (χ1) is 26.3. The number of hydrogen-bond acceptors (Lipinski definition) is 1. The van der Waals surface area contributed by atoms with Gasteiger partial charge in [-0.15, -0.1) is 0 Å². The zero-order chi connectivity index (χ0) is 35.0. The Morgan fingerprint density at radius 3 is 2.11 bits per heavy atom. The van der Waals surface area contributed by atoms with Crippen LogP contribution in [-0.4, -0.2) is 12.3 Å². The van der Waals surface area contributed by atoms with Gasteiger partial charge < -0.3 is 0 Å². The van der Waals surface area contributed by atoms with Gasteiger partial charge in [-0.2, -0.15) is 0 Å². The van der Waals surface area contributed by atoms with Gasteiger partial charge in [0.25, 0.3) is 0 Å². The van der Waals surface area contributed by atoms with Gasteiger partial charge in [0.15, 0.2) is 0 Å². The molecule has 1 nitrogen and oxygen atoms in total. The van der Waals surface area contributed by atoms with Crippen molar-refractivity contribution in [1.29, 1.82) is 0 Å². The molecule has 0 saturated carbocycles. The summed E-state index contributed by atoms with van der Waals surface area (Å²) in [6, 6.07) is 46.8. The minimum atomic E-state index is -0.489. The quantitative estimate of drug-likeness (QED) is 0.176. The molecule has 252 valence electrons. The maximum absolute atomic E-state index is 4.79. The summed E-state index contributed by atoms with van der Waals surface area (Å²) in [4.78, 5) is 4.79. The molecule has 0 spiro atoms. The minimum Gasteiger partial charge on any atom is -0.280 e. The monoisotopic (exact) mass is 677 g/mol. The number of aliphatic imine (C=N–C) groups is 1. The molecule has 4 atom stereocenters. The number of benzene rings is 5. The fraction of sp³-hybridized carbons (Fsp3) is 0.135. The number of hydrogen-bond donors (Lipinski definition) is 0. The Bertz CT molecular complexity index is 2580. The van der Waals surface area contributed by atoms with Crippen LogP contribution in [0.25, 0.3) is 22.3 Å². The van der Waals surface area contributed by atoms with Crippen LogP contribution in [0.2, 0.25) is 0 Å². The highest BCUT2D eigenvalue weighted by atomic mass is 14.8. The summed E-state index contributed by atoms with van der Waals surface area (Å²) >= 11 is 0. The van der Waals surface area contributed by atoms with E-state index in [2.05, 4.69) is 182 Å². The first-order valence-electron chi connectivity index (χ1n) is 19.2. The number of allylic oxidation sites excluding steroid dienone is 11. The number of nitrogens with zero attached hydrogens (tertiary/aromatic N) is 1. The summed E-state index contributed by atoms with van der Waals surface area (Å²) in [5.74, 6) is 0.316. The van der Waals surface area contributed by atoms with Crippen molar-refractivity contribution in [1.82, 2.24) is 0 Å². The van der Waals surface area contributed by atoms with Crippen molar-refractivity contribution in [2.45, 2.75) is 36.1 Å². The molecule has 0 saturated heterocycles. The van der Waals surface area contributed by atoms with Crippen LogP contribution >= 0.6 is 0 Å². The highest BCUT2D eigenvalue weighted by Crippen LogP contribution is 2.68. The van der Waals surface area contributed by atoms with Crippen LogP contribution in [-0.2, 0) is 10.8 Å². The SMILES string of the molecule is C1=CCCC(C2(c3ccccc3-c3ccc(C4=CC=CC5=CC=NC54)cc3)c3ccccc3C3(c4ccccc4)c4c(cccc42)C2=CC=CCC23)=C1. The van der Waals surface area contributed by atoms with Crippen LogP contribution in [0.4, 0.5) is 0 Å². The fourth-order valence-corrected chi connectivity index (χ4v) is 10.9. The van der Waals surface area contributed by atoms with E-state index in [9.17, 15) is 0 Å². The predicted octanol–water partition coefficient (Wildman–Crippen LogP) is 11.9. The second-order valence-corrected chi connectivity index (χ2v) is 15.2. The molecule has 0 amide bonds. The van der Waals surface area contributed by atoms with Crippen LogP contribution in [0.1, 0.15) is 63.8 Å². The van der Waals surface area contributed by atoms with E-state index in [0.29, 0.717) is 5.92 Å². The Kier molecular flexibility index (Phi) is 6.77. The second kappa shape index (κ2) is 11.7.